The number of nitrogens with zero attached hydrogens (tertiary/aromatic N) is 4. The molecule has 12 heteroatoms. The molecule has 37 heavy (non-hydrogen) atoms. The fraction of sp³-hybridized carbons (Fsp3) is 0.560. The summed E-state index contributed by atoms with van der Waals surface area (Å²) in [4.78, 5) is 24.3. The number of halogens is 3. The zero-order valence-electron chi connectivity index (χ0n) is 21.4. The van der Waals surface area contributed by atoms with Crippen LogP contribution in [0.4, 0.5) is 36.3 Å². The molecular formula is C25H34F3N7O2. The van der Waals surface area contributed by atoms with Gasteiger partial charge < -0.3 is 30.5 Å². The van der Waals surface area contributed by atoms with Crippen LogP contribution in [0.2, 0.25) is 0 Å². The van der Waals surface area contributed by atoms with E-state index in [1.54, 1.807) is 7.11 Å². The first-order valence-corrected chi connectivity index (χ1v) is 12.5. The molecule has 1 aliphatic heterocycles. The van der Waals surface area contributed by atoms with Gasteiger partial charge >= 0.3 is 6.18 Å². The Labute approximate surface area is 214 Å². The van der Waals surface area contributed by atoms with E-state index in [2.05, 4.69) is 42.8 Å². The molecule has 1 saturated heterocycles. The molecule has 2 aliphatic rings. The smallest absolute Gasteiger partial charge is 0.421 e. The number of likely N-dealkylation sites (N-methyl/N-ethyl adjacent to an activating group) is 1. The zero-order chi connectivity index (χ0) is 26.6. The minimum Gasteiger partial charge on any atom is -0.494 e. The third-order valence-corrected chi connectivity index (χ3v) is 6.87. The lowest BCUT2D eigenvalue weighted by Crippen LogP contribution is -2.48. The first-order valence-electron chi connectivity index (χ1n) is 12.5. The first kappa shape index (κ1) is 26.8. The second kappa shape index (κ2) is 11.4. The fourth-order valence-corrected chi connectivity index (χ4v) is 4.84. The highest BCUT2D eigenvalue weighted by atomic mass is 19.4. The number of anilines is 4. The molecule has 1 aromatic heterocycles. The molecule has 9 nitrogen and oxygen atoms in total. The quantitative estimate of drug-likeness (QED) is 0.506. The Morgan fingerprint density at radius 2 is 1.81 bits per heavy atom. The van der Waals surface area contributed by atoms with Gasteiger partial charge in [0.25, 0.3) is 0 Å². The highest BCUT2D eigenvalue weighted by Crippen LogP contribution is 2.37. The third-order valence-electron chi connectivity index (χ3n) is 6.87. The Morgan fingerprint density at radius 3 is 2.46 bits per heavy atom. The predicted octanol–water partition coefficient (Wildman–Crippen LogP) is 3.86. The molecule has 2 unspecified atom stereocenters. The van der Waals surface area contributed by atoms with E-state index in [1.807, 2.05) is 18.2 Å². The number of amides is 1. The molecular weight excluding hydrogens is 487 g/mol. The van der Waals surface area contributed by atoms with Gasteiger partial charge in [0, 0.05) is 63.1 Å². The summed E-state index contributed by atoms with van der Waals surface area (Å²) in [5.74, 6) is 0.00708. The van der Waals surface area contributed by atoms with Crippen molar-refractivity contribution in [3.8, 4) is 5.75 Å². The minimum absolute atomic E-state index is 0.00744. The van der Waals surface area contributed by atoms with Crippen LogP contribution in [-0.4, -0.2) is 73.2 Å². The average Bonchev–Trinajstić information content (AvgIpc) is 2.85. The van der Waals surface area contributed by atoms with Crippen molar-refractivity contribution < 1.29 is 22.7 Å². The number of piperazine rings is 1. The van der Waals surface area contributed by atoms with Crippen LogP contribution < -0.4 is 25.6 Å². The minimum atomic E-state index is -4.64. The van der Waals surface area contributed by atoms with Crippen molar-refractivity contribution in [1.29, 1.82) is 0 Å². The van der Waals surface area contributed by atoms with Crippen molar-refractivity contribution in [3.63, 3.8) is 0 Å². The van der Waals surface area contributed by atoms with E-state index in [1.165, 1.54) is 6.92 Å². The van der Waals surface area contributed by atoms with Gasteiger partial charge in [0.05, 0.1) is 12.8 Å². The molecule has 2 heterocycles. The van der Waals surface area contributed by atoms with Gasteiger partial charge in [-0.25, -0.2) is 4.98 Å². The monoisotopic (exact) mass is 521 g/mol. The van der Waals surface area contributed by atoms with Crippen molar-refractivity contribution in [3.05, 3.63) is 30.0 Å². The maximum atomic E-state index is 13.8. The first-order chi connectivity index (χ1) is 17.6. The number of methoxy groups -OCH3 is 1. The molecule has 202 valence electrons. The number of rotatable bonds is 7. The van der Waals surface area contributed by atoms with Gasteiger partial charge in [0.15, 0.2) is 0 Å². The fourth-order valence-electron chi connectivity index (χ4n) is 4.84. The van der Waals surface area contributed by atoms with Crippen molar-refractivity contribution >= 4 is 29.0 Å². The van der Waals surface area contributed by atoms with E-state index in [0.29, 0.717) is 24.3 Å². The molecule has 1 saturated carbocycles. The van der Waals surface area contributed by atoms with Crippen LogP contribution in [0.25, 0.3) is 0 Å². The van der Waals surface area contributed by atoms with Crippen molar-refractivity contribution in [1.82, 2.24) is 20.2 Å². The Morgan fingerprint density at radius 1 is 1.11 bits per heavy atom. The van der Waals surface area contributed by atoms with Crippen LogP contribution in [-0.2, 0) is 11.0 Å². The summed E-state index contributed by atoms with van der Waals surface area (Å²) < 4.78 is 46.9. The normalized spacial score (nSPS) is 20.9. The van der Waals surface area contributed by atoms with Crippen LogP contribution in [0.3, 0.4) is 0 Å². The molecule has 3 N–H and O–H groups in total. The summed E-state index contributed by atoms with van der Waals surface area (Å²) in [7, 11) is 3.63. The van der Waals surface area contributed by atoms with E-state index in [9.17, 15) is 18.0 Å². The lowest BCUT2D eigenvalue weighted by molar-refractivity contribution is -0.137. The third kappa shape index (κ3) is 6.73. The van der Waals surface area contributed by atoms with Crippen molar-refractivity contribution in [2.75, 3.05) is 55.9 Å². The zero-order valence-corrected chi connectivity index (χ0v) is 21.4. The summed E-state index contributed by atoms with van der Waals surface area (Å²) in [5, 5.41) is 8.81. The topological polar surface area (TPSA) is 94.6 Å². The van der Waals surface area contributed by atoms with Crippen LogP contribution >= 0.6 is 0 Å². The van der Waals surface area contributed by atoms with E-state index in [4.69, 9.17) is 4.74 Å². The SMILES string of the molecule is COc1cc(N2CCN(C)CC2)ccc1Nc1ncc(C(F)(F)F)c(NC2CCCCC2NC(C)=O)n1. The molecule has 1 aromatic carbocycles. The van der Waals surface area contributed by atoms with E-state index >= 15 is 0 Å². The lowest BCUT2D eigenvalue weighted by Gasteiger charge is -2.34. The number of ether oxygens (including phenoxy) is 1. The number of hydrogen-bond donors (Lipinski definition) is 3. The number of alkyl halides is 3. The standard InChI is InChI=1S/C25H34F3N7O2/c1-16(36)30-19-6-4-5-7-20(19)31-23-18(25(26,27)28)15-29-24(33-23)32-21-9-8-17(14-22(21)37-3)35-12-10-34(2)11-13-35/h8-9,14-15,19-20H,4-7,10-13H2,1-3H3,(H,30,36)(H2,29,31,32,33). The average molecular weight is 522 g/mol. The molecule has 1 aliphatic carbocycles. The Hall–Kier alpha value is -3.28. The van der Waals surface area contributed by atoms with E-state index in [-0.39, 0.29) is 29.8 Å². The molecule has 1 amide bonds. The summed E-state index contributed by atoms with van der Waals surface area (Å²) in [6.07, 6.45) is -0.806. The maximum Gasteiger partial charge on any atom is 0.421 e. The molecule has 2 aromatic rings. The highest BCUT2D eigenvalue weighted by molar-refractivity contribution is 5.73. The summed E-state index contributed by atoms with van der Waals surface area (Å²) >= 11 is 0. The second-order valence-corrected chi connectivity index (χ2v) is 9.60. The predicted molar refractivity (Wildman–Crippen MR) is 137 cm³/mol. The maximum absolute atomic E-state index is 13.8. The number of benzene rings is 1. The molecule has 0 spiro atoms. The second-order valence-electron chi connectivity index (χ2n) is 9.60. The lowest BCUT2D eigenvalue weighted by atomic mass is 9.90. The van der Waals surface area contributed by atoms with Crippen LogP contribution in [0.5, 0.6) is 5.75 Å². The van der Waals surface area contributed by atoms with E-state index in [0.717, 1.165) is 50.9 Å². The van der Waals surface area contributed by atoms with Crippen molar-refractivity contribution in [2.45, 2.75) is 50.9 Å². The van der Waals surface area contributed by atoms with Gasteiger partial charge in [-0.05, 0) is 32.0 Å². The largest absolute Gasteiger partial charge is 0.494 e. The van der Waals surface area contributed by atoms with Gasteiger partial charge in [-0.1, -0.05) is 12.8 Å². The highest BCUT2D eigenvalue weighted by Gasteiger charge is 2.37. The number of carbonyl (C=O) groups is 1. The van der Waals surface area contributed by atoms with Gasteiger partial charge in [-0.2, -0.15) is 18.2 Å². The number of hydrogen-bond acceptors (Lipinski definition) is 8. The van der Waals surface area contributed by atoms with Gasteiger partial charge in [-0.15, -0.1) is 0 Å². The van der Waals surface area contributed by atoms with Gasteiger partial charge in [0.1, 0.15) is 17.1 Å². The number of aromatic nitrogens is 2. The summed E-state index contributed by atoms with van der Waals surface area (Å²) in [5.41, 5.74) is 0.593. The Bertz CT molecular complexity index is 1090. The van der Waals surface area contributed by atoms with Gasteiger partial charge in [0.2, 0.25) is 11.9 Å². The molecule has 2 atom stereocenters. The molecule has 0 bridgehead atoms. The molecule has 4 rings (SSSR count). The Kier molecular flexibility index (Phi) is 8.25. The van der Waals surface area contributed by atoms with Crippen LogP contribution in [0.1, 0.15) is 38.2 Å². The Balaban J connectivity index is 1.57. The summed E-state index contributed by atoms with van der Waals surface area (Å²) in [6.45, 7) is 5.11. The van der Waals surface area contributed by atoms with E-state index < -0.39 is 11.7 Å². The van der Waals surface area contributed by atoms with Crippen molar-refractivity contribution in [2.24, 2.45) is 0 Å². The van der Waals surface area contributed by atoms with Crippen LogP contribution in [0.15, 0.2) is 24.4 Å². The number of nitrogens with one attached hydrogen (secondary N) is 3. The molecule has 0 radical (unpaired) electrons. The number of carbonyl (C=O) groups excluding carboxylic acids is 1. The van der Waals surface area contributed by atoms with Gasteiger partial charge in [-0.3, -0.25) is 4.79 Å². The summed E-state index contributed by atoms with van der Waals surface area (Å²) in [6, 6.07) is 5.00. The molecule has 2 fully saturated rings. The van der Waals surface area contributed by atoms with Crippen LogP contribution in [0, 0.1) is 0 Å².